The largest absolute Gasteiger partial charge is 0.481 e. The summed E-state index contributed by atoms with van der Waals surface area (Å²) in [4.78, 5) is 22.8. The minimum atomic E-state index is -1.05. The number of carbonyl (C=O) groups is 2. The molecule has 0 aliphatic rings. The van der Waals surface area contributed by atoms with Crippen molar-refractivity contribution in [2.45, 2.75) is 12.8 Å². The average molecular weight is 263 g/mol. The van der Waals surface area contributed by atoms with Crippen molar-refractivity contribution in [1.29, 1.82) is 0 Å². The number of carbonyl (C=O) groups excluding carboxylic acids is 1. The van der Waals surface area contributed by atoms with Crippen molar-refractivity contribution in [2.24, 2.45) is 5.73 Å². The fourth-order valence-corrected chi connectivity index (χ4v) is 1.76. The number of hydrogen-bond donors (Lipinski definition) is 2. The van der Waals surface area contributed by atoms with Gasteiger partial charge in [0.15, 0.2) is 0 Å². The van der Waals surface area contributed by atoms with Gasteiger partial charge in [0, 0.05) is 12.6 Å². The molecule has 19 heavy (non-hydrogen) atoms. The molecule has 0 saturated heterocycles. The molecular weight excluding hydrogens is 246 g/mol. The van der Waals surface area contributed by atoms with Gasteiger partial charge in [-0.3, -0.25) is 4.79 Å². The Kier molecular flexibility index (Phi) is 5.75. The van der Waals surface area contributed by atoms with Crippen LogP contribution in [0.1, 0.15) is 18.4 Å². The Balaban J connectivity index is 3.10. The van der Waals surface area contributed by atoms with Crippen molar-refractivity contribution >= 4 is 11.9 Å². The first-order valence-corrected chi connectivity index (χ1v) is 5.95. The molecule has 0 amide bonds. The highest BCUT2D eigenvalue weighted by molar-refractivity contribution is 5.87. The van der Waals surface area contributed by atoms with Crippen LogP contribution in [0.3, 0.4) is 0 Å². The van der Waals surface area contributed by atoms with E-state index in [0.717, 1.165) is 6.08 Å². The van der Waals surface area contributed by atoms with Crippen LogP contribution in [0.2, 0.25) is 0 Å². The minimum absolute atomic E-state index is 0.0231. The van der Waals surface area contributed by atoms with Crippen LogP contribution in [-0.4, -0.2) is 30.2 Å². The van der Waals surface area contributed by atoms with Crippen LogP contribution < -0.4 is 5.73 Å². The number of carboxylic acids is 1. The van der Waals surface area contributed by atoms with Crippen LogP contribution >= 0.6 is 0 Å². The first kappa shape index (κ1) is 14.9. The number of esters is 1. The van der Waals surface area contributed by atoms with Gasteiger partial charge in [0.05, 0.1) is 6.61 Å². The summed E-state index contributed by atoms with van der Waals surface area (Å²) in [5, 5.41) is 9.32. The third-order valence-corrected chi connectivity index (χ3v) is 2.58. The van der Waals surface area contributed by atoms with Crippen LogP contribution in [-0.2, 0) is 14.3 Å². The van der Waals surface area contributed by atoms with E-state index in [0.29, 0.717) is 11.1 Å². The van der Waals surface area contributed by atoms with E-state index in [4.69, 9.17) is 10.5 Å². The van der Waals surface area contributed by atoms with Crippen molar-refractivity contribution in [2.75, 3.05) is 13.2 Å². The van der Waals surface area contributed by atoms with Crippen molar-refractivity contribution in [3.05, 3.63) is 47.5 Å². The number of nitrogens with two attached hydrogens (primary N) is 1. The number of rotatable bonds is 6. The average Bonchev–Trinajstić information content (AvgIpc) is 2.39. The van der Waals surface area contributed by atoms with Gasteiger partial charge in [0.2, 0.25) is 0 Å². The second kappa shape index (κ2) is 7.33. The summed E-state index contributed by atoms with van der Waals surface area (Å²) in [7, 11) is 0. The first-order valence-electron chi connectivity index (χ1n) is 5.95. The molecule has 1 aromatic rings. The maximum Gasteiger partial charge on any atom is 0.330 e. The molecule has 0 radical (unpaired) electrons. The predicted molar refractivity (Wildman–Crippen MR) is 70.6 cm³/mol. The van der Waals surface area contributed by atoms with Gasteiger partial charge in [-0.15, -0.1) is 0 Å². The van der Waals surface area contributed by atoms with Crippen molar-refractivity contribution in [3.8, 4) is 0 Å². The van der Waals surface area contributed by atoms with E-state index in [1.807, 2.05) is 0 Å². The van der Waals surface area contributed by atoms with Gasteiger partial charge >= 0.3 is 11.9 Å². The summed E-state index contributed by atoms with van der Waals surface area (Å²) in [6.07, 6.45) is 1.16. The normalized spacial score (nSPS) is 12.8. The maximum absolute atomic E-state index is 11.4. The van der Waals surface area contributed by atoms with Crippen LogP contribution in [0.4, 0.5) is 0 Å². The summed E-state index contributed by atoms with van der Waals surface area (Å²) in [5.74, 6) is -2.56. The maximum atomic E-state index is 11.4. The number of aliphatic carboxylic acids is 1. The van der Waals surface area contributed by atoms with Crippen LogP contribution in [0.5, 0.6) is 0 Å². The highest BCUT2D eigenvalue weighted by Crippen LogP contribution is 2.24. The van der Waals surface area contributed by atoms with E-state index in [9.17, 15) is 14.7 Å². The fraction of sp³-hybridized carbons (Fsp3) is 0.286. The molecule has 3 N–H and O–H groups in total. The second-order valence-corrected chi connectivity index (χ2v) is 3.86. The van der Waals surface area contributed by atoms with E-state index in [1.165, 1.54) is 0 Å². The summed E-state index contributed by atoms with van der Waals surface area (Å²) in [6, 6.07) is 8.65. The van der Waals surface area contributed by atoms with Crippen LogP contribution in [0, 0.1) is 0 Å². The molecule has 0 aliphatic heterocycles. The molecule has 102 valence electrons. The minimum Gasteiger partial charge on any atom is -0.481 e. The first-order chi connectivity index (χ1) is 9.10. The molecule has 1 rings (SSSR count). The zero-order valence-corrected chi connectivity index (χ0v) is 10.7. The lowest BCUT2D eigenvalue weighted by molar-refractivity contribution is -0.137. The highest BCUT2D eigenvalue weighted by Gasteiger charge is 2.24. The Morgan fingerprint density at radius 3 is 2.47 bits per heavy atom. The number of carboxylic acid groups (broad SMARTS) is 1. The Hall–Kier alpha value is -2.14. The Morgan fingerprint density at radius 1 is 1.37 bits per heavy atom. The Bertz CT molecular complexity index is 468. The van der Waals surface area contributed by atoms with Gasteiger partial charge in [-0.2, -0.15) is 0 Å². The molecule has 0 bridgehead atoms. The second-order valence-electron chi connectivity index (χ2n) is 3.86. The highest BCUT2D eigenvalue weighted by atomic mass is 16.5. The van der Waals surface area contributed by atoms with Gasteiger partial charge < -0.3 is 15.6 Å². The van der Waals surface area contributed by atoms with Gasteiger partial charge in [-0.25, -0.2) is 4.79 Å². The predicted octanol–water partition coefficient (Wildman–Crippen LogP) is 1.30. The molecule has 0 aromatic heterocycles. The monoisotopic (exact) mass is 263 g/mol. The van der Waals surface area contributed by atoms with Crippen molar-refractivity contribution in [1.82, 2.24) is 0 Å². The third-order valence-electron chi connectivity index (χ3n) is 2.58. The molecule has 0 heterocycles. The number of benzene rings is 1. The molecule has 1 atom stereocenters. The zero-order chi connectivity index (χ0) is 14.3. The Morgan fingerprint density at radius 2 is 2.00 bits per heavy atom. The van der Waals surface area contributed by atoms with Gasteiger partial charge in [0.1, 0.15) is 5.92 Å². The summed E-state index contributed by atoms with van der Waals surface area (Å²) in [5.41, 5.74) is 6.45. The molecule has 5 nitrogen and oxygen atoms in total. The quantitative estimate of drug-likeness (QED) is 0.596. The van der Waals surface area contributed by atoms with Crippen molar-refractivity contribution < 1.29 is 19.4 Å². The van der Waals surface area contributed by atoms with Crippen molar-refractivity contribution in [3.63, 3.8) is 0 Å². The SMILES string of the molecule is CCOC(=O)/C=C(/CN)C(C(=O)O)c1ccccc1. The molecule has 1 unspecified atom stereocenters. The van der Waals surface area contributed by atoms with Crippen LogP contribution in [0.25, 0.3) is 0 Å². The molecular formula is C14H17NO4. The molecule has 0 saturated carbocycles. The van der Waals surface area contributed by atoms with E-state index in [2.05, 4.69) is 0 Å². The van der Waals surface area contributed by atoms with Gasteiger partial charge in [0.25, 0.3) is 0 Å². The molecule has 0 aliphatic carbocycles. The van der Waals surface area contributed by atoms with E-state index in [-0.39, 0.29) is 13.2 Å². The summed E-state index contributed by atoms with van der Waals surface area (Å²) in [6.45, 7) is 1.89. The zero-order valence-electron chi connectivity index (χ0n) is 10.7. The lowest BCUT2D eigenvalue weighted by Crippen LogP contribution is -2.21. The Labute approximate surface area is 111 Å². The van der Waals surface area contributed by atoms with E-state index in [1.54, 1.807) is 37.3 Å². The van der Waals surface area contributed by atoms with E-state index < -0.39 is 17.9 Å². The standard InChI is InChI=1S/C14H17NO4/c1-2-19-12(16)8-11(9-15)13(14(17)18)10-6-4-3-5-7-10/h3-8,13H,2,9,15H2,1H3,(H,17,18)/b11-8-. The van der Waals surface area contributed by atoms with Crippen LogP contribution in [0.15, 0.2) is 42.0 Å². The molecule has 5 heteroatoms. The van der Waals surface area contributed by atoms with Gasteiger partial charge in [-0.05, 0) is 18.1 Å². The topological polar surface area (TPSA) is 89.6 Å². The van der Waals surface area contributed by atoms with E-state index >= 15 is 0 Å². The summed E-state index contributed by atoms with van der Waals surface area (Å²) >= 11 is 0. The lowest BCUT2D eigenvalue weighted by atomic mass is 9.91. The smallest absolute Gasteiger partial charge is 0.330 e. The third kappa shape index (κ3) is 4.22. The molecule has 0 fully saturated rings. The fourth-order valence-electron chi connectivity index (χ4n) is 1.76. The summed E-state index contributed by atoms with van der Waals surface area (Å²) < 4.78 is 4.78. The lowest BCUT2D eigenvalue weighted by Gasteiger charge is -2.15. The number of ether oxygens (including phenoxy) is 1. The molecule has 0 spiro atoms. The number of hydrogen-bond acceptors (Lipinski definition) is 4. The molecule has 1 aromatic carbocycles. The van der Waals surface area contributed by atoms with Gasteiger partial charge in [-0.1, -0.05) is 30.3 Å².